The van der Waals surface area contributed by atoms with Gasteiger partial charge in [0.25, 0.3) is 0 Å². The van der Waals surface area contributed by atoms with Crippen molar-refractivity contribution in [3.05, 3.63) is 11.8 Å². The van der Waals surface area contributed by atoms with E-state index < -0.39 is 0 Å². The van der Waals surface area contributed by atoms with Crippen LogP contribution in [0.1, 0.15) is 12.6 Å². The molecule has 1 aromatic heterocycles. The van der Waals surface area contributed by atoms with Crippen molar-refractivity contribution in [2.45, 2.75) is 13.5 Å². The number of hydrogen-bond acceptors (Lipinski definition) is 4. The van der Waals surface area contributed by atoms with E-state index in [2.05, 4.69) is 15.1 Å². The number of nitrogens with zero attached hydrogens (tertiary/aromatic N) is 1. The molecule has 1 rings (SSSR count). The van der Waals surface area contributed by atoms with Crippen LogP contribution in [-0.4, -0.2) is 16.8 Å². The van der Waals surface area contributed by atoms with Crippen LogP contribution in [0.25, 0.3) is 0 Å². The van der Waals surface area contributed by atoms with E-state index in [0.717, 1.165) is 5.69 Å². The lowest BCUT2D eigenvalue weighted by Crippen LogP contribution is -1.94. The largest absolute Gasteiger partial charge is 0.382 e. The van der Waals surface area contributed by atoms with E-state index in [1.54, 1.807) is 6.07 Å². The number of anilines is 1. The van der Waals surface area contributed by atoms with Gasteiger partial charge in [-0.15, -0.1) is 0 Å². The van der Waals surface area contributed by atoms with E-state index in [-0.39, 0.29) is 0 Å². The number of nitrogen functional groups attached to an aromatic ring is 1. The molecule has 1 heterocycles. The molecule has 0 aliphatic carbocycles. The van der Waals surface area contributed by atoms with Crippen molar-refractivity contribution in [3.63, 3.8) is 0 Å². The molecule has 5 nitrogen and oxygen atoms in total. The smallest absolute Gasteiger partial charge is 0.145 e. The first-order chi connectivity index (χ1) is 5.33. The Balaban J connectivity index is 2.27. The van der Waals surface area contributed by atoms with Crippen molar-refractivity contribution in [1.82, 2.24) is 10.2 Å². The Morgan fingerprint density at radius 1 is 1.64 bits per heavy atom. The van der Waals surface area contributed by atoms with Crippen LogP contribution in [0.4, 0.5) is 5.82 Å². The lowest BCUT2D eigenvalue weighted by atomic mass is 10.4. The van der Waals surface area contributed by atoms with Crippen LogP contribution < -0.4 is 5.73 Å². The lowest BCUT2D eigenvalue weighted by molar-refractivity contribution is -0.301. The second-order valence-corrected chi connectivity index (χ2v) is 1.99. The van der Waals surface area contributed by atoms with Gasteiger partial charge in [-0.05, 0) is 6.92 Å². The van der Waals surface area contributed by atoms with Gasteiger partial charge in [-0.2, -0.15) is 5.10 Å². The zero-order valence-corrected chi connectivity index (χ0v) is 6.33. The number of H-pyrrole nitrogens is 1. The zero-order chi connectivity index (χ0) is 8.10. The Labute approximate surface area is 64.4 Å². The van der Waals surface area contributed by atoms with Crippen molar-refractivity contribution in [1.29, 1.82) is 0 Å². The molecule has 0 atom stereocenters. The van der Waals surface area contributed by atoms with Crippen LogP contribution in [0, 0.1) is 0 Å². The molecule has 62 valence electrons. The molecular formula is C6H11N3O2. The van der Waals surface area contributed by atoms with Crippen LogP contribution in [0.5, 0.6) is 0 Å². The third-order valence-corrected chi connectivity index (χ3v) is 1.07. The summed E-state index contributed by atoms with van der Waals surface area (Å²) in [6.07, 6.45) is 0. The summed E-state index contributed by atoms with van der Waals surface area (Å²) in [6.45, 7) is 2.73. The standard InChI is InChI=1S/C6H11N3O2/c1-2-10-11-4-5-3-6(7)9-8-5/h3H,2,4H2,1H3,(H3,7,8,9). The Hall–Kier alpha value is -1.07. The fourth-order valence-corrected chi connectivity index (χ4v) is 0.642. The van der Waals surface area contributed by atoms with E-state index >= 15 is 0 Å². The van der Waals surface area contributed by atoms with Gasteiger partial charge in [0, 0.05) is 6.07 Å². The van der Waals surface area contributed by atoms with E-state index in [4.69, 9.17) is 10.6 Å². The summed E-state index contributed by atoms with van der Waals surface area (Å²) < 4.78 is 0. The molecule has 1 aromatic rings. The highest BCUT2D eigenvalue weighted by atomic mass is 17.2. The summed E-state index contributed by atoms with van der Waals surface area (Å²) in [5, 5.41) is 6.40. The molecule has 3 N–H and O–H groups in total. The summed E-state index contributed by atoms with van der Waals surface area (Å²) in [5.41, 5.74) is 6.15. The lowest BCUT2D eigenvalue weighted by Gasteiger charge is -1.97. The van der Waals surface area contributed by atoms with Crippen molar-refractivity contribution in [3.8, 4) is 0 Å². The predicted molar refractivity (Wildman–Crippen MR) is 39.4 cm³/mol. The van der Waals surface area contributed by atoms with Crippen LogP contribution in [0.3, 0.4) is 0 Å². The second kappa shape index (κ2) is 3.95. The molecule has 0 radical (unpaired) electrons. The normalized spacial score (nSPS) is 10.3. The molecule has 0 unspecified atom stereocenters. The molecule has 11 heavy (non-hydrogen) atoms. The quantitative estimate of drug-likeness (QED) is 0.378. The first-order valence-electron chi connectivity index (χ1n) is 3.37. The van der Waals surface area contributed by atoms with Gasteiger partial charge in [-0.1, -0.05) is 0 Å². The van der Waals surface area contributed by atoms with E-state index in [1.807, 2.05) is 6.92 Å². The molecule has 0 spiro atoms. The Morgan fingerprint density at radius 2 is 2.45 bits per heavy atom. The van der Waals surface area contributed by atoms with Gasteiger partial charge in [0.15, 0.2) is 0 Å². The molecule has 0 saturated carbocycles. The summed E-state index contributed by atoms with van der Waals surface area (Å²) >= 11 is 0. The Bertz CT molecular complexity index is 211. The van der Waals surface area contributed by atoms with Crippen LogP contribution in [0.15, 0.2) is 6.07 Å². The molecule has 5 heteroatoms. The van der Waals surface area contributed by atoms with Crippen molar-refractivity contribution < 1.29 is 9.78 Å². The summed E-state index contributed by atoms with van der Waals surface area (Å²) in [4.78, 5) is 9.41. The maximum absolute atomic E-state index is 5.34. The highest BCUT2D eigenvalue weighted by Crippen LogP contribution is 2.01. The van der Waals surface area contributed by atoms with Crippen LogP contribution in [-0.2, 0) is 16.4 Å². The summed E-state index contributed by atoms with van der Waals surface area (Å²) in [7, 11) is 0. The number of aromatic amines is 1. The van der Waals surface area contributed by atoms with Gasteiger partial charge in [0.1, 0.15) is 12.4 Å². The fourth-order valence-electron chi connectivity index (χ4n) is 0.642. The number of aromatic nitrogens is 2. The van der Waals surface area contributed by atoms with E-state index in [1.165, 1.54) is 0 Å². The third-order valence-electron chi connectivity index (χ3n) is 1.07. The van der Waals surface area contributed by atoms with Gasteiger partial charge in [0.05, 0.1) is 12.3 Å². The number of nitrogens with two attached hydrogens (primary N) is 1. The van der Waals surface area contributed by atoms with Gasteiger partial charge < -0.3 is 5.73 Å². The minimum absolute atomic E-state index is 0.345. The number of nitrogens with one attached hydrogen (secondary N) is 1. The highest BCUT2D eigenvalue weighted by Gasteiger charge is 1.96. The van der Waals surface area contributed by atoms with E-state index in [0.29, 0.717) is 19.0 Å². The average molecular weight is 157 g/mol. The maximum atomic E-state index is 5.34. The van der Waals surface area contributed by atoms with Crippen LogP contribution in [0.2, 0.25) is 0 Å². The first-order valence-corrected chi connectivity index (χ1v) is 3.37. The van der Waals surface area contributed by atoms with Crippen molar-refractivity contribution in [2.75, 3.05) is 12.3 Å². The maximum Gasteiger partial charge on any atom is 0.145 e. The van der Waals surface area contributed by atoms with Crippen molar-refractivity contribution >= 4 is 5.82 Å². The Morgan fingerprint density at radius 3 is 3.00 bits per heavy atom. The Kier molecular flexibility index (Phi) is 2.88. The molecule has 0 bridgehead atoms. The predicted octanol–water partition coefficient (Wildman–Crippen LogP) is 0.460. The molecule has 0 saturated heterocycles. The highest BCUT2D eigenvalue weighted by molar-refractivity contribution is 5.27. The molecular weight excluding hydrogens is 146 g/mol. The molecule has 0 amide bonds. The minimum Gasteiger partial charge on any atom is -0.382 e. The van der Waals surface area contributed by atoms with Crippen LogP contribution >= 0.6 is 0 Å². The minimum atomic E-state index is 0.345. The first kappa shape index (κ1) is 8.03. The van der Waals surface area contributed by atoms with E-state index in [9.17, 15) is 0 Å². The monoisotopic (exact) mass is 157 g/mol. The molecule has 0 fully saturated rings. The fraction of sp³-hybridized carbons (Fsp3) is 0.500. The molecule has 0 aromatic carbocycles. The third kappa shape index (κ3) is 2.57. The summed E-state index contributed by atoms with van der Waals surface area (Å²) in [6, 6.07) is 1.69. The molecule has 0 aliphatic rings. The van der Waals surface area contributed by atoms with Gasteiger partial charge in [-0.25, -0.2) is 9.78 Å². The van der Waals surface area contributed by atoms with Gasteiger partial charge in [0.2, 0.25) is 0 Å². The van der Waals surface area contributed by atoms with Crippen molar-refractivity contribution in [2.24, 2.45) is 0 Å². The van der Waals surface area contributed by atoms with Gasteiger partial charge >= 0.3 is 0 Å². The van der Waals surface area contributed by atoms with Gasteiger partial charge in [-0.3, -0.25) is 5.10 Å². The zero-order valence-electron chi connectivity index (χ0n) is 6.33. The molecule has 0 aliphatic heterocycles. The summed E-state index contributed by atoms with van der Waals surface area (Å²) in [5.74, 6) is 0.458. The average Bonchev–Trinajstić information content (AvgIpc) is 2.37. The SMILES string of the molecule is CCOOCc1cc(N)n[nH]1. The number of rotatable bonds is 4. The second-order valence-electron chi connectivity index (χ2n) is 1.99. The topological polar surface area (TPSA) is 73.2 Å². The number of hydrogen-bond donors (Lipinski definition) is 2.